The Balaban J connectivity index is 1.62. The van der Waals surface area contributed by atoms with E-state index in [0.717, 1.165) is 45.3 Å². The Morgan fingerprint density at radius 1 is 0.971 bits per heavy atom. The van der Waals surface area contributed by atoms with Gasteiger partial charge in [0.25, 0.3) is 5.91 Å². The van der Waals surface area contributed by atoms with Crippen LogP contribution < -0.4 is 15.8 Å². The molecule has 1 heterocycles. The van der Waals surface area contributed by atoms with Gasteiger partial charge in [-0.25, -0.2) is 4.98 Å². The number of amides is 1. The summed E-state index contributed by atoms with van der Waals surface area (Å²) >= 11 is 0. The largest absolute Gasteiger partial charge is 0.494 e. The molecule has 6 nitrogen and oxygen atoms in total. The maximum absolute atomic E-state index is 12.6. The number of aromatic nitrogens is 1. The van der Waals surface area contributed by atoms with Gasteiger partial charge >= 0.3 is 0 Å². The molecule has 0 aliphatic carbocycles. The highest BCUT2D eigenvalue weighted by Crippen LogP contribution is 2.32. The van der Waals surface area contributed by atoms with Crippen molar-refractivity contribution in [3.05, 3.63) is 78.5 Å². The van der Waals surface area contributed by atoms with E-state index in [1.165, 1.54) is 0 Å². The first-order valence-corrected chi connectivity index (χ1v) is 11.4. The van der Waals surface area contributed by atoms with Crippen molar-refractivity contribution in [2.75, 3.05) is 39.5 Å². The molecule has 3 aromatic carbocycles. The lowest BCUT2D eigenvalue weighted by molar-refractivity contribution is 0.0951. The quantitative estimate of drug-likeness (QED) is 0.398. The molecule has 0 saturated carbocycles. The molecule has 1 aromatic heterocycles. The van der Waals surface area contributed by atoms with Crippen molar-refractivity contribution >= 4 is 22.5 Å². The van der Waals surface area contributed by atoms with Crippen LogP contribution in [0.2, 0.25) is 0 Å². The van der Waals surface area contributed by atoms with Crippen LogP contribution in [0.15, 0.2) is 72.9 Å². The molecule has 0 atom stereocenters. The number of pyridine rings is 1. The van der Waals surface area contributed by atoms with Crippen LogP contribution in [0.1, 0.15) is 17.3 Å². The van der Waals surface area contributed by atoms with Crippen LogP contribution in [0.3, 0.4) is 0 Å². The Kier molecular flexibility index (Phi) is 7.09. The number of nitrogens with one attached hydrogen (secondary N) is 1. The molecule has 4 aromatic rings. The maximum Gasteiger partial charge on any atom is 0.251 e. The van der Waals surface area contributed by atoms with Crippen LogP contribution in [0.25, 0.3) is 33.0 Å². The Hall–Kier alpha value is -3.90. The fraction of sp³-hybridized carbons (Fsp3) is 0.214. The number of nitrogens with zero attached hydrogens (tertiary/aromatic N) is 2. The Morgan fingerprint density at radius 2 is 1.76 bits per heavy atom. The molecule has 3 N–H and O–H groups in total. The number of nitrogen functional groups attached to an aromatic ring is 1. The molecule has 174 valence electrons. The molecule has 34 heavy (non-hydrogen) atoms. The number of hydrogen-bond acceptors (Lipinski definition) is 5. The van der Waals surface area contributed by atoms with Gasteiger partial charge in [-0.15, -0.1) is 0 Å². The van der Waals surface area contributed by atoms with Gasteiger partial charge in [0.2, 0.25) is 0 Å². The minimum Gasteiger partial charge on any atom is -0.494 e. The number of nitrogens with two attached hydrogens (primary N) is 1. The zero-order valence-corrected chi connectivity index (χ0v) is 19.8. The van der Waals surface area contributed by atoms with E-state index >= 15 is 0 Å². The number of hydrogen-bond donors (Lipinski definition) is 2. The average molecular weight is 455 g/mol. The van der Waals surface area contributed by atoms with Crippen LogP contribution in [-0.4, -0.2) is 49.6 Å². The summed E-state index contributed by atoms with van der Waals surface area (Å²) in [5.74, 6) is 1.23. The summed E-state index contributed by atoms with van der Waals surface area (Å²) in [5, 5.41) is 5.16. The number of likely N-dealkylation sites (N-methyl/N-ethyl adjacent to an activating group) is 1. The highest BCUT2D eigenvalue weighted by Gasteiger charge is 2.11. The van der Waals surface area contributed by atoms with E-state index in [1.54, 1.807) is 6.20 Å². The predicted molar refractivity (Wildman–Crippen MR) is 139 cm³/mol. The molecule has 0 bridgehead atoms. The molecule has 6 heteroatoms. The summed E-state index contributed by atoms with van der Waals surface area (Å²) in [6.07, 6.45) is 1.75. The second kappa shape index (κ2) is 10.4. The normalized spacial score (nSPS) is 11.1. The summed E-state index contributed by atoms with van der Waals surface area (Å²) in [5.41, 5.74) is 10.5. The number of carbonyl (C=O) groups is 1. The van der Waals surface area contributed by atoms with Gasteiger partial charge in [0, 0.05) is 36.0 Å². The Labute approximate surface area is 200 Å². The average Bonchev–Trinajstić information content (AvgIpc) is 2.84. The highest BCUT2D eigenvalue weighted by atomic mass is 16.5. The molecular formula is C28H30N4O2. The number of ether oxygens (including phenoxy) is 1. The molecule has 4 rings (SSSR count). The lowest BCUT2D eigenvalue weighted by atomic mass is 9.98. The van der Waals surface area contributed by atoms with Gasteiger partial charge in [-0.05, 0) is 79.3 Å². The first kappa shape index (κ1) is 23.3. The van der Waals surface area contributed by atoms with Gasteiger partial charge in [0.15, 0.2) is 0 Å². The smallest absolute Gasteiger partial charge is 0.251 e. The summed E-state index contributed by atoms with van der Waals surface area (Å²) < 4.78 is 5.61. The number of anilines is 1. The number of fused-ring (bicyclic) bond motifs is 1. The monoisotopic (exact) mass is 454 g/mol. The van der Waals surface area contributed by atoms with Gasteiger partial charge in [0.1, 0.15) is 11.6 Å². The standard InChI is InChI=1S/C28H30N4O2/c1-4-34-25-11-10-20-14-22(9-8-21(20)16-25)26-17-24(18-31-27(26)29)19-6-5-7-23(15-19)28(33)30-12-13-32(2)3/h5-11,14-18H,4,12-13H2,1-3H3,(H2,29,31)(H,30,33). The van der Waals surface area contributed by atoms with Crippen molar-refractivity contribution in [2.45, 2.75) is 6.92 Å². The first-order chi connectivity index (χ1) is 16.4. The van der Waals surface area contributed by atoms with E-state index < -0.39 is 0 Å². The van der Waals surface area contributed by atoms with Crippen molar-refractivity contribution in [1.82, 2.24) is 15.2 Å². The lowest BCUT2D eigenvalue weighted by Crippen LogP contribution is -2.31. The lowest BCUT2D eigenvalue weighted by Gasteiger charge is -2.12. The number of benzene rings is 3. The third-order valence-corrected chi connectivity index (χ3v) is 5.65. The van der Waals surface area contributed by atoms with Crippen molar-refractivity contribution in [1.29, 1.82) is 0 Å². The van der Waals surface area contributed by atoms with E-state index in [9.17, 15) is 4.79 Å². The molecule has 0 fully saturated rings. The molecular weight excluding hydrogens is 424 g/mol. The van der Waals surface area contributed by atoms with E-state index in [-0.39, 0.29) is 5.91 Å². The van der Waals surface area contributed by atoms with Crippen molar-refractivity contribution < 1.29 is 9.53 Å². The molecule has 0 radical (unpaired) electrons. The second-order valence-electron chi connectivity index (χ2n) is 8.45. The van der Waals surface area contributed by atoms with E-state index in [4.69, 9.17) is 10.5 Å². The van der Waals surface area contributed by atoms with Gasteiger partial charge < -0.3 is 20.7 Å². The van der Waals surface area contributed by atoms with Gasteiger partial charge in [-0.1, -0.05) is 30.3 Å². The van der Waals surface area contributed by atoms with Crippen molar-refractivity contribution in [3.63, 3.8) is 0 Å². The second-order valence-corrected chi connectivity index (χ2v) is 8.45. The third-order valence-electron chi connectivity index (χ3n) is 5.65. The zero-order chi connectivity index (χ0) is 24.1. The first-order valence-electron chi connectivity index (χ1n) is 11.4. The Morgan fingerprint density at radius 3 is 2.56 bits per heavy atom. The fourth-order valence-corrected chi connectivity index (χ4v) is 3.85. The van der Waals surface area contributed by atoms with Gasteiger partial charge in [-0.3, -0.25) is 4.79 Å². The molecule has 0 spiro atoms. The molecule has 0 saturated heterocycles. The van der Waals surface area contributed by atoms with Crippen molar-refractivity contribution in [2.24, 2.45) is 0 Å². The van der Waals surface area contributed by atoms with Crippen molar-refractivity contribution in [3.8, 4) is 28.0 Å². The van der Waals surface area contributed by atoms with Crippen LogP contribution in [0.5, 0.6) is 5.75 Å². The highest BCUT2D eigenvalue weighted by molar-refractivity contribution is 5.96. The zero-order valence-electron chi connectivity index (χ0n) is 19.8. The van der Waals surface area contributed by atoms with E-state index in [2.05, 4.69) is 28.5 Å². The Bertz CT molecular complexity index is 1320. The van der Waals surface area contributed by atoms with E-state index in [1.807, 2.05) is 74.4 Å². The molecule has 0 aliphatic rings. The van der Waals surface area contributed by atoms with Crippen LogP contribution in [0.4, 0.5) is 5.82 Å². The number of rotatable bonds is 8. The van der Waals surface area contributed by atoms with Crippen LogP contribution >= 0.6 is 0 Å². The molecule has 0 aliphatic heterocycles. The summed E-state index contributed by atoms with van der Waals surface area (Å²) in [6, 6.07) is 21.9. The predicted octanol–water partition coefficient (Wildman–Crippen LogP) is 4.84. The SMILES string of the molecule is CCOc1ccc2cc(-c3cc(-c4cccc(C(=O)NCCN(C)C)c4)cnc3N)ccc2c1. The van der Waals surface area contributed by atoms with E-state index in [0.29, 0.717) is 24.5 Å². The fourth-order valence-electron chi connectivity index (χ4n) is 3.85. The molecule has 1 amide bonds. The third kappa shape index (κ3) is 5.35. The van der Waals surface area contributed by atoms with Gasteiger partial charge in [0.05, 0.1) is 6.61 Å². The maximum atomic E-state index is 12.6. The molecule has 0 unspecified atom stereocenters. The van der Waals surface area contributed by atoms with Crippen LogP contribution in [0, 0.1) is 0 Å². The summed E-state index contributed by atoms with van der Waals surface area (Å²) in [4.78, 5) is 19.0. The van der Waals surface area contributed by atoms with Crippen LogP contribution in [-0.2, 0) is 0 Å². The summed E-state index contributed by atoms with van der Waals surface area (Å²) in [6.45, 7) is 3.99. The number of carbonyl (C=O) groups excluding carboxylic acids is 1. The topological polar surface area (TPSA) is 80.5 Å². The minimum atomic E-state index is -0.0896. The summed E-state index contributed by atoms with van der Waals surface area (Å²) in [7, 11) is 3.96. The minimum absolute atomic E-state index is 0.0896. The van der Waals surface area contributed by atoms with Gasteiger partial charge in [-0.2, -0.15) is 0 Å².